The second-order valence-corrected chi connectivity index (χ2v) is 9.11. The Morgan fingerprint density at radius 3 is 2.29 bits per heavy atom. The predicted molar refractivity (Wildman–Crippen MR) is 118 cm³/mol. The molecule has 0 aromatic carbocycles. The van der Waals surface area contributed by atoms with Crippen LogP contribution in [-0.4, -0.2) is 103 Å². The molecule has 0 N–H and O–H groups in total. The maximum absolute atomic E-state index is 12.3. The van der Waals surface area contributed by atoms with Gasteiger partial charge in [0, 0.05) is 65.6 Å². The van der Waals surface area contributed by atoms with Crippen molar-refractivity contribution in [2.24, 2.45) is 0 Å². The van der Waals surface area contributed by atoms with Gasteiger partial charge in [-0.25, -0.2) is 4.79 Å². The number of hydrogen-bond acceptors (Lipinski definition) is 8. The topological polar surface area (TPSA) is 88.6 Å². The summed E-state index contributed by atoms with van der Waals surface area (Å²) in [7, 11) is 2.02. The molecule has 0 bridgehead atoms. The molecule has 0 aromatic heterocycles. The Labute approximate surface area is 187 Å². The number of ether oxygens (including phenoxy) is 3. The molecule has 1 rings (SSSR count). The Hall–Kier alpha value is -1.87. The Balaban J connectivity index is 2.52. The maximum Gasteiger partial charge on any atom is 0.410 e. The molecule has 9 heteroatoms. The van der Waals surface area contributed by atoms with Crippen molar-refractivity contribution in [3.8, 4) is 0 Å². The molecule has 0 saturated carbocycles. The zero-order valence-electron chi connectivity index (χ0n) is 20.3. The largest absolute Gasteiger partial charge is 0.464 e. The van der Waals surface area contributed by atoms with Crippen LogP contribution in [0.3, 0.4) is 0 Å². The summed E-state index contributed by atoms with van der Waals surface area (Å²) in [5, 5.41) is 0. The average molecular weight is 444 g/mol. The van der Waals surface area contributed by atoms with E-state index in [1.165, 1.54) is 13.8 Å². The third kappa shape index (κ3) is 11.4. The number of esters is 2. The predicted octanol–water partition coefficient (Wildman–Crippen LogP) is 2.13. The highest BCUT2D eigenvalue weighted by atomic mass is 16.6. The van der Waals surface area contributed by atoms with Crippen molar-refractivity contribution in [2.45, 2.75) is 72.1 Å². The van der Waals surface area contributed by atoms with Crippen LogP contribution < -0.4 is 0 Å². The molecule has 1 fully saturated rings. The first-order valence-corrected chi connectivity index (χ1v) is 11.1. The summed E-state index contributed by atoms with van der Waals surface area (Å²) in [4.78, 5) is 41.0. The number of amides is 1. The second-order valence-electron chi connectivity index (χ2n) is 9.11. The summed E-state index contributed by atoms with van der Waals surface area (Å²) in [5.74, 6) is -0.594. The zero-order valence-corrected chi connectivity index (χ0v) is 20.3. The lowest BCUT2D eigenvalue weighted by molar-refractivity contribution is -0.153. The van der Waals surface area contributed by atoms with Crippen molar-refractivity contribution in [1.82, 2.24) is 14.7 Å². The molecule has 1 saturated heterocycles. The van der Waals surface area contributed by atoms with Crippen molar-refractivity contribution in [2.75, 3.05) is 52.9 Å². The van der Waals surface area contributed by atoms with Gasteiger partial charge in [-0.15, -0.1) is 0 Å². The third-order valence-electron chi connectivity index (χ3n) is 5.16. The number of piperidine rings is 1. The summed E-state index contributed by atoms with van der Waals surface area (Å²) < 4.78 is 16.1. The van der Waals surface area contributed by atoms with Crippen molar-refractivity contribution in [3.63, 3.8) is 0 Å². The first-order chi connectivity index (χ1) is 14.4. The summed E-state index contributed by atoms with van der Waals surface area (Å²) in [6.45, 7) is 14.9. The molecule has 0 spiro atoms. The molecule has 1 amide bonds. The van der Waals surface area contributed by atoms with Crippen LogP contribution in [0, 0.1) is 0 Å². The van der Waals surface area contributed by atoms with E-state index in [4.69, 9.17) is 14.2 Å². The number of rotatable bonds is 10. The van der Waals surface area contributed by atoms with E-state index in [1.807, 2.05) is 34.7 Å². The lowest BCUT2D eigenvalue weighted by Gasteiger charge is -2.39. The third-order valence-corrected chi connectivity index (χ3v) is 5.16. The van der Waals surface area contributed by atoms with Crippen LogP contribution in [0.5, 0.6) is 0 Å². The van der Waals surface area contributed by atoms with Crippen molar-refractivity contribution in [3.05, 3.63) is 0 Å². The first kappa shape index (κ1) is 27.2. The molecule has 31 heavy (non-hydrogen) atoms. The van der Waals surface area contributed by atoms with E-state index in [0.29, 0.717) is 26.1 Å². The molecule has 0 radical (unpaired) electrons. The van der Waals surface area contributed by atoms with Gasteiger partial charge in [-0.05, 0) is 41.2 Å². The fourth-order valence-electron chi connectivity index (χ4n) is 3.49. The number of likely N-dealkylation sites (N-methyl/N-ethyl adjacent to an activating group) is 2. The van der Waals surface area contributed by atoms with E-state index in [-0.39, 0.29) is 30.2 Å². The molecule has 1 aliphatic heterocycles. The van der Waals surface area contributed by atoms with Gasteiger partial charge in [-0.1, -0.05) is 0 Å². The minimum atomic E-state index is -0.508. The fraction of sp³-hybridized carbons (Fsp3) is 0.864. The summed E-state index contributed by atoms with van der Waals surface area (Å²) in [6, 6.07) is 0.0179. The molecule has 0 aliphatic carbocycles. The summed E-state index contributed by atoms with van der Waals surface area (Å²) in [5.41, 5.74) is -0.508. The molecular formula is C22H41N3O6. The van der Waals surface area contributed by atoms with E-state index in [9.17, 15) is 14.4 Å². The number of likely N-dealkylation sites (tertiary alicyclic amines) is 1. The molecule has 1 heterocycles. The van der Waals surface area contributed by atoms with E-state index in [0.717, 1.165) is 32.6 Å². The van der Waals surface area contributed by atoms with Crippen molar-refractivity contribution in [1.29, 1.82) is 0 Å². The van der Waals surface area contributed by atoms with Crippen LogP contribution in [-0.2, 0) is 23.8 Å². The number of hydrogen-bond donors (Lipinski definition) is 0. The van der Waals surface area contributed by atoms with E-state index in [1.54, 1.807) is 4.90 Å². The van der Waals surface area contributed by atoms with Crippen LogP contribution >= 0.6 is 0 Å². The molecule has 2 atom stereocenters. The van der Waals surface area contributed by atoms with Gasteiger partial charge < -0.3 is 24.0 Å². The molecule has 0 aromatic rings. The van der Waals surface area contributed by atoms with Gasteiger partial charge in [0.25, 0.3) is 0 Å². The average Bonchev–Trinajstić information content (AvgIpc) is 2.64. The number of carbonyl (C=O) groups is 3. The molecule has 2 unspecified atom stereocenters. The van der Waals surface area contributed by atoms with Crippen LogP contribution in [0.15, 0.2) is 0 Å². The number of nitrogens with zero attached hydrogens (tertiary/aromatic N) is 3. The van der Waals surface area contributed by atoms with Crippen LogP contribution in [0.1, 0.15) is 54.4 Å². The molecule has 1 aliphatic rings. The SMILES string of the molecule is CCN(CCN(C)CCN1CCC(OC(C)=O)CC1COC(C)=O)C(=O)OC(C)(C)C. The lowest BCUT2D eigenvalue weighted by Crippen LogP contribution is -2.50. The highest BCUT2D eigenvalue weighted by Gasteiger charge is 2.31. The van der Waals surface area contributed by atoms with Gasteiger partial charge in [0.2, 0.25) is 0 Å². The minimum absolute atomic E-state index is 0.0179. The van der Waals surface area contributed by atoms with Crippen LogP contribution in [0.25, 0.3) is 0 Å². The standard InChI is InChI=1S/C22H41N3O6/c1-8-24(21(28)31-22(4,5)6)13-11-23(7)12-14-25-10-9-20(30-18(3)27)15-19(25)16-29-17(2)26/h19-20H,8-16H2,1-7H3. The zero-order chi connectivity index (χ0) is 23.6. The van der Waals surface area contributed by atoms with Gasteiger partial charge in [0.1, 0.15) is 18.3 Å². The van der Waals surface area contributed by atoms with Gasteiger partial charge >= 0.3 is 18.0 Å². The minimum Gasteiger partial charge on any atom is -0.464 e. The normalized spacial score (nSPS) is 19.7. The molecular weight excluding hydrogens is 402 g/mol. The van der Waals surface area contributed by atoms with Gasteiger partial charge in [-0.2, -0.15) is 0 Å². The smallest absolute Gasteiger partial charge is 0.410 e. The Morgan fingerprint density at radius 2 is 1.74 bits per heavy atom. The van der Waals surface area contributed by atoms with Crippen LogP contribution in [0.4, 0.5) is 4.79 Å². The van der Waals surface area contributed by atoms with E-state index in [2.05, 4.69) is 9.80 Å². The monoisotopic (exact) mass is 443 g/mol. The molecule has 180 valence electrons. The van der Waals surface area contributed by atoms with Gasteiger partial charge in [-0.3, -0.25) is 14.5 Å². The first-order valence-electron chi connectivity index (χ1n) is 11.1. The number of carbonyl (C=O) groups excluding carboxylic acids is 3. The quantitative estimate of drug-likeness (QED) is 0.375. The van der Waals surface area contributed by atoms with Crippen molar-refractivity contribution < 1.29 is 28.6 Å². The van der Waals surface area contributed by atoms with Crippen molar-refractivity contribution >= 4 is 18.0 Å². The second kappa shape index (κ2) is 12.9. The fourth-order valence-corrected chi connectivity index (χ4v) is 3.49. The van der Waals surface area contributed by atoms with Crippen LogP contribution in [0.2, 0.25) is 0 Å². The highest BCUT2D eigenvalue weighted by Crippen LogP contribution is 2.21. The maximum atomic E-state index is 12.3. The van der Waals surface area contributed by atoms with E-state index >= 15 is 0 Å². The summed E-state index contributed by atoms with van der Waals surface area (Å²) >= 11 is 0. The van der Waals surface area contributed by atoms with Gasteiger partial charge in [0.05, 0.1) is 0 Å². The Bertz CT molecular complexity index is 592. The Morgan fingerprint density at radius 1 is 1.06 bits per heavy atom. The highest BCUT2D eigenvalue weighted by molar-refractivity contribution is 5.68. The lowest BCUT2D eigenvalue weighted by atomic mass is 9.99. The van der Waals surface area contributed by atoms with E-state index < -0.39 is 5.60 Å². The summed E-state index contributed by atoms with van der Waals surface area (Å²) in [6.07, 6.45) is 0.984. The van der Waals surface area contributed by atoms with Gasteiger partial charge in [0.15, 0.2) is 0 Å². The molecule has 9 nitrogen and oxygen atoms in total. The Kier molecular flexibility index (Phi) is 11.3.